The molecule has 0 aliphatic rings. The van der Waals surface area contributed by atoms with E-state index < -0.39 is 6.04 Å². The maximum Gasteiger partial charge on any atom is 0.243 e. The molecule has 7 nitrogen and oxygen atoms in total. The molecule has 1 aromatic rings. The van der Waals surface area contributed by atoms with Crippen LogP contribution in [-0.4, -0.2) is 39.2 Å². The van der Waals surface area contributed by atoms with Gasteiger partial charge in [0.15, 0.2) is 11.5 Å². The fourth-order valence-electron chi connectivity index (χ4n) is 2.29. The molecule has 0 spiro atoms. The van der Waals surface area contributed by atoms with Crippen LogP contribution < -0.4 is 24.8 Å². The molecule has 1 aromatic carbocycles. The van der Waals surface area contributed by atoms with E-state index in [1.54, 1.807) is 12.1 Å². The molecular formula is C17H26N2O5. The molecule has 0 aromatic heterocycles. The Bertz CT molecular complexity index is 561. The van der Waals surface area contributed by atoms with Gasteiger partial charge in [0.1, 0.15) is 6.04 Å². The van der Waals surface area contributed by atoms with Crippen molar-refractivity contribution in [1.29, 1.82) is 0 Å². The molecule has 0 fully saturated rings. The number of hydrogen-bond acceptors (Lipinski definition) is 5. The van der Waals surface area contributed by atoms with Gasteiger partial charge in [-0.15, -0.1) is 0 Å². The molecule has 2 N–H and O–H groups in total. The molecule has 0 saturated carbocycles. The highest BCUT2D eigenvalue weighted by Gasteiger charge is 2.23. The van der Waals surface area contributed by atoms with Crippen molar-refractivity contribution in [1.82, 2.24) is 10.6 Å². The molecule has 0 unspecified atom stereocenters. The Morgan fingerprint density at radius 3 is 1.96 bits per heavy atom. The van der Waals surface area contributed by atoms with E-state index >= 15 is 0 Å². The van der Waals surface area contributed by atoms with Crippen LogP contribution in [0.1, 0.15) is 26.3 Å². The lowest BCUT2D eigenvalue weighted by Gasteiger charge is -2.21. The van der Waals surface area contributed by atoms with Crippen LogP contribution in [0.15, 0.2) is 12.1 Å². The summed E-state index contributed by atoms with van der Waals surface area (Å²) in [5.74, 6) is 1.03. The second kappa shape index (κ2) is 9.00. The zero-order valence-corrected chi connectivity index (χ0v) is 15.1. The molecule has 0 heterocycles. The van der Waals surface area contributed by atoms with Crippen molar-refractivity contribution in [3.05, 3.63) is 17.7 Å². The van der Waals surface area contributed by atoms with Gasteiger partial charge >= 0.3 is 0 Å². The minimum atomic E-state index is -0.579. The highest BCUT2D eigenvalue weighted by molar-refractivity contribution is 5.87. The lowest BCUT2D eigenvalue weighted by molar-refractivity contribution is -0.129. The molecule has 0 aliphatic carbocycles. The zero-order valence-electron chi connectivity index (χ0n) is 15.1. The molecular weight excluding hydrogens is 312 g/mol. The highest BCUT2D eigenvalue weighted by atomic mass is 16.5. The van der Waals surface area contributed by atoms with Crippen molar-refractivity contribution in [2.24, 2.45) is 5.92 Å². The zero-order chi connectivity index (χ0) is 18.3. The van der Waals surface area contributed by atoms with E-state index in [9.17, 15) is 9.59 Å². The van der Waals surface area contributed by atoms with Crippen LogP contribution >= 0.6 is 0 Å². The van der Waals surface area contributed by atoms with Gasteiger partial charge in [-0.05, 0) is 23.6 Å². The third-order valence-electron chi connectivity index (χ3n) is 3.50. The van der Waals surface area contributed by atoms with Crippen LogP contribution in [0.5, 0.6) is 17.2 Å². The number of carbonyl (C=O) groups is 2. The number of methoxy groups -OCH3 is 3. The second-order valence-electron chi connectivity index (χ2n) is 5.67. The van der Waals surface area contributed by atoms with Crippen LogP contribution in [0.4, 0.5) is 0 Å². The van der Waals surface area contributed by atoms with Gasteiger partial charge in [0.25, 0.3) is 0 Å². The van der Waals surface area contributed by atoms with Gasteiger partial charge in [0, 0.05) is 13.5 Å². The van der Waals surface area contributed by atoms with Gasteiger partial charge < -0.3 is 24.8 Å². The van der Waals surface area contributed by atoms with Crippen molar-refractivity contribution in [3.63, 3.8) is 0 Å². The van der Waals surface area contributed by atoms with Gasteiger partial charge in [-0.1, -0.05) is 13.8 Å². The summed E-state index contributed by atoms with van der Waals surface area (Å²) in [6, 6.07) is 2.96. The minimum Gasteiger partial charge on any atom is -0.493 e. The van der Waals surface area contributed by atoms with Crippen LogP contribution in [0, 0.1) is 5.92 Å². The summed E-state index contributed by atoms with van der Waals surface area (Å²) < 4.78 is 15.8. The first-order valence-electron chi connectivity index (χ1n) is 7.67. The van der Waals surface area contributed by atoms with Gasteiger partial charge in [0.2, 0.25) is 17.6 Å². The largest absolute Gasteiger partial charge is 0.493 e. The van der Waals surface area contributed by atoms with Gasteiger partial charge in [-0.25, -0.2) is 0 Å². The first-order chi connectivity index (χ1) is 11.3. The lowest BCUT2D eigenvalue weighted by atomic mass is 10.0. The van der Waals surface area contributed by atoms with E-state index in [0.717, 1.165) is 5.56 Å². The quantitative estimate of drug-likeness (QED) is 0.750. The SMILES string of the molecule is COc1cc(CNC(=O)[C@@H](NC(C)=O)C(C)C)cc(OC)c1OC. The molecule has 0 bridgehead atoms. The summed E-state index contributed by atoms with van der Waals surface area (Å²) in [4.78, 5) is 23.5. The fraction of sp³-hybridized carbons (Fsp3) is 0.529. The van der Waals surface area contributed by atoms with Crippen molar-refractivity contribution < 1.29 is 23.8 Å². The van der Waals surface area contributed by atoms with E-state index in [1.165, 1.54) is 28.3 Å². The average Bonchev–Trinajstić information content (AvgIpc) is 2.55. The van der Waals surface area contributed by atoms with Gasteiger partial charge in [0.05, 0.1) is 21.3 Å². The molecule has 2 amide bonds. The number of carbonyl (C=O) groups excluding carboxylic acids is 2. The van der Waals surface area contributed by atoms with E-state index in [0.29, 0.717) is 17.2 Å². The van der Waals surface area contributed by atoms with Crippen LogP contribution in [0.25, 0.3) is 0 Å². The number of benzene rings is 1. The molecule has 24 heavy (non-hydrogen) atoms. The standard InChI is InChI=1S/C17H26N2O5/c1-10(2)15(19-11(3)20)17(21)18-9-12-7-13(22-4)16(24-6)14(8-12)23-5/h7-8,10,15H,9H2,1-6H3,(H,18,21)(H,19,20)/t15-/m0/s1. The Morgan fingerprint density at radius 2 is 1.58 bits per heavy atom. The number of rotatable bonds is 8. The number of ether oxygens (including phenoxy) is 3. The monoisotopic (exact) mass is 338 g/mol. The first-order valence-corrected chi connectivity index (χ1v) is 7.67. The Kier molecular flexibility index (Phi) is 7.35. The van der Waals surface area contributed by atoms with Gasteiger partial charge in [-0.2, -0.15) is 0 Å². The fourth-order valence-corrected chi connectivity index (χ4v) is 2.29. The smallest absolute Gasteiger partial charge is 0.243 e. The van der Waals surface area contributed by atoms with Crippen LogP contribution in [0.3, 0.4) is 0 Å². The summed E-state index contributed by atoms with van der Waals surface area (Å²) in [6.07, 6.45) is 0. The Labute approximate surface area is 142 Å². The molecule has 0 saturated heterocycles. The summed E-state index contributed by atoms with van der Waals surface area (Å²) in [5.41, 5.74) is 0.795. The first kappa shape index (κ1) is 19.6. The summed E-state index contributed by atoms with van der Waals surface area (Å²) in [7, 11) is 4.60. The highest BCUT2D eigenvalue weighted by Crippen LogP contribution is 2.38. The van der Waals surface area contributed by atoms with Crippen molar-refractivity contribution in [2.45, 2.75) is 33.4 Å². The van der Waals surface area contributed by atoms with Crippen LogP contribution in [0.2, 0.25) is 0 Å². The van der Waals surface area contributed by atoms with E-state index in [-0.39, 0.29) is 24.3 Å². The normalized spacial score (nSPS) is 11.6. The van der Waals surface area contributed by atoms with Crippen molar-refractivity contribution >= 4 is 11.8 Å². The Hall–Kier alpha value is -2.44. The van der Waals surface area contributed by atoms with Gasteiger partial charge in [-0.3, -0.25) is 9.59 Å². The molecule has 1 atom stereocenters. The summed E-state index contributed by atoms with van der Waals surface area (Å²) >= 11 is 0. The predicted molar refractivity (Wildman–Crippen MR) is 90.4 cm³/mol. The summed E-state index contributed by atoms with van der Waals surface area (Å²) in [6.45, 7) is 5.42. The molecule has 7 heteroatoms. The molecule has 0 radical (unpaired) electrons. The van der Waals surface area contributed by atoms with E-state index in [1.807, 2.05) is 13.8 Å². The van der Waals surface area contributed by atoms with E-state index in [2.05, 4.69) is 10.6 Å². The maximum absolute atomic E-state index is 12.3. The Balaban J connectivity index is 2.89. The predicted octanol–water partition coefficient (Wildman–Crippen LogP) is 1.49. The summed E-state index contributed by atoms with van der Waals surface area (Å²) in [5, 5.41) is 5.48. The Morgan fingerprint density at radius 1 is 1.04 bits per heavy atom. The number of amides is 2. The van der Waals surface area contributed by atoms with Crippen molar-refractivity contribution in [3.8, 4) is 17.2 Å². The molecule has 0 aliphatic heterocycles. The second-order valence-corrected chi connectivity index (χ2v) is 5.67. The maximum atomic E-state index is 12.3. The van der Waals surface area contributed by atoms with Crippen LogP contribution in [-0.2, 0) is 16.1 Å². The third-order valence-corrected chi connectivity index (χ3v) is 3.50. The molecule has 1 rings (SSSR count). The number of nitrogens with one attached hydrogen (secondary N) is 2. The lowest BCUT2D eigenvalue weighted by Crippen LogP contribution is -2.48. The van der Waals surface area contributed by atoms with E-state index in [4.69, 9.17) is 14.2 Å². The molecule has 134 valence electrons. The topological polar surface area (TPSA) is 85.9 Å². The minimum absolute atomic E-state index is 0.0196. The van der Waals surface area contributed by atoms with Crippen molar-refractivity contribution in [2.75, 3.05) is 21.3 Å². The third kappa shape index (κ3) is 5.04. The number of hydrogen-bond donors (Lipinski definition) is 2. The average molecular weight is 338 g/mol.